The third kappa shape index (κ3) is 5.99. The van der Waals surface area contributed by atoms with E-state index < -0.39 is 0 Å². The number of rotatable bonds is 10. The number of aryl methyl sites for hydroxylation is 2. The molecule has 0 aromatic heterocycles. The van der Waals surface area contributed by atoms with Crippen molar-refractivity contribution in [3.63, 3.8) is 0 Å². The lowest BCUT2D eigenvalue weighted by Gasteiger charge is -2.32. The van der Waals surface area contributed by atoms with Crippen molar-refractivity contribution < 1.29 is 0 Å². The molecule has 0 atom stereocenters. The summed E-state index contributed by atoms with van der Waals surface area (Å²) in [5.74, 6) is 0. The van der Waals surface area contributed by atoms with Crippen molar-refractivity contribution in [3.05, 3.63) is 214 Å². The second kappa shape index (κ2) is 15.2. The lowest BCUT2D eigenvalue weighted by atomic mass is 9.74. The van der Waals surface area contributed by atoms with Gasteiger partial charge >= 0.3 is 0 Å². The highest BCUT2D eigenvalue weighted by Crippen LogP contribution is 2.57. The number of hydrogen-bond acceptors (Lipinski definition) is 2. The first-order valence-corrected chi connectivity index (χ1v) is 24.1. The molecule has 65 heavy (non-hydrogen) atoms. The molecule has 322 valence electrons. The van der Waals surface area contributed by atoms with Crippen LogP contribution in [0.4, 0.5) is 34.1 Å². The van der Waals surface area contributed by atoms with Crippen LogP contribution in [0.2, 0.25) is 0 Å². The molecule has 0 unspecified atom stereocenters. The summed E-state index contributed by atoms with van der Waals surface area (Å²) in [7, 11) is 0. The lowest BCUT2D eigenvalue weighted by molar-refractivity contribution is 0.490. The monoisotopic (exact) mass is 844 g/mol. The number of anilines is 6. The van der Waals surface area contributed by atoms with Gasteiger partial charge in [0, 0.05) is 50.4 Å². The van der Waals surface area contributed by atoms with Crippen LogP contribution >= 0.6 is 0 Å². The zero-order valence-corrected chi connectivity index (χ0v) is 39.4. The largest absolute Gasteiger partial charge is 0.310 e. The van der Waals surface area contributed by atoms with Gasteiger partial charge in [0.15, 0.2) is 0 Å². The Morgan fingerprint density at radius 2 is 0.585 bits per heavy atom. The van der Waals surface area contributed by atoms with E-state index in [9.17, 15) is 0 Å². The molecule has 3 aliphatic rings. The minimum atomic E-state index is -0.243. The average Bonchev–Trinajstić information content (AvgIpc) is 3.88. The molecule has 0 fully saturated rings. The lowest BCUT2D eigenvalue weighted by Crippen LogP contribution is -2.23. The summed E-state index contributed by atoms with van der Waals surface area (Å²) < 4.78 is 0. The molecule has 11 rings (SSSR count). The van der Waals surface area contributed by atoms with Crippen LogP contribution in [0.5, 0.6) is 0 Å². The molecule has 0 aliphatic heterocycles. The molecular weight excluding hydrogens is 785 g/mol. The summed E-state index contributed by atoms with van der Waals surface area (Å²) in [6.07, 6.45) is 4.26. The predicted molar refractivity (Wildman–Crippen MR) is 276 cm³/mol. The van der Waals surface area contributed by atoms with Crippen molar-refractivity contribution in [2.24, 2.45) is 0 Å². The van der Waals surface area contributed by atoms with Crippen molar-refractivity contribution >= 4 is 34.1 Å². The highest BCUT2D eigenvalue weighted by Gasteiger charge is 2.43. The number of hydrogen-bond donors (Lipinski definition) is 0. The Hall–Kier alpha value is -6.64. The quantitative estimate of drug-likeness (QED) is 0.135. The van der Waals surface area contributed by atoms with E-state index in [0.717, 1.165) is 25.7 Å². The fourth-order valence-corrected chi connectivity index (χ4v) is 12.5. The maximum Gasteiger partial charge on any atom is 0.0465 e. The highest BCUT2D eigenvalue weighted by atomic mass is 15.1. The third-order valence-electron chi connectivity index (χ3n) is 16.2. The highest BCUT2D eigenvalue weighted by molar-refractivity contribution is 5.91. The van der Waals surface area contributed by atoms with Gasteiger partial charge in [-0.2, -0.15) is 0 Å². The van der Waals surface area contributed by atoms with E-state index in [1.807, 2.05) is 0 Å². The molecule has 0 saturated heterocycles. The van der Waals surface area contributed by atoms with Crippen molar-refractivity contribution in [2.75, 3.05) is 9.80 Å². The van der Waals surface area contributed by atoms with Gasteiger partial charge in [-0.05, 0) is 179 Å². The van der Waals surface area contributed by atoms with Crippen LogP contribution in [-0.2, 0) is 16.2 Å². The third-order valence-corrected chi connectivity index (χ3v) is 16.2. The van der Waals surface area contributed by atoms with Crippen molar-refractivity contribution in [1.29, 1.82) is 0 Å². The molecule has 0 N–H and O–H groups in total. The summed E-state index contributed by atoms with van der Waals surface area (Å²) in [5, 5.41) is 0. The van der Waals surface area contributed by atoms with Gasteiger partial charge in [0.25, 0.3) is 0 Å². The number of fused-ring (bicyclic) bond motifs is 9. The summed E-state index contributed by atoms with van der Waals surface area (Å²) in [4.78, 5) is 4.98. The Kier molecular flexibility index (Phi) is 9.63. The van der Waals surface area contributed by atoms with E-state index in [2.05, 4.69) is 235 Å². The average molecular weight is 845 g/mol. The van der Waals surface area contributed by atoms with E-state index >= 15 is 0 Å². The molecule has 0 saturated carbocycles. The normalized spacial score (nSPS) is 15.1. The van der Waals surface area contributed by atoms with Crippen LogP contribution in [-0.4, -0.2) is 0 Å². The van der Waals surface area contributed by atoms with Gasteiger partial charge in [-0.15, -0.1) is 0 Å². The van der Waals surface area contributed by atoms with Crippen LogP contribution in [0, 0.1) is 13.8 Å². The molecule has 3 aliphatic carbocycles. The van der Waals surface area contributed by atoms with Gasteiger partial charge < -0.3 is 9.80 Å². The predicted octanol–water partition coefficient (Wildman–Crippen LogP) is 17.7. The number of benzene rings is 8. The topological polar surface area (TPSA) is 6.48 Å². The van der Waals surface area contributed by atoms with E-state index in [-0.39, 0.29) is 16.2 Å². The Labute approximate surface area is 387 Å². The van der Waals surface area contributed by atoms with Gasteiger partial charge in [-0.3, -0.25) is 0 Å². The van der Waals surface area contributed by atoms with E-state index in [1.54, 1.807) is 0 Å². The van der Waals surface area contributed by atoms with Crippen LogP contribution in [0.1, 0.15) is 112 Å². The van der Waals surface area contributed by atoms with E-state index in [1.165, 1.54) is 112 Å². The zero-order valence-electron chi connectivity index (χ0n) is 39.4. The standard InChI is InChI=1S/C63H60N2/c1-9-62(10-2)55-19-15-13-17-49(55)53-35-31-47(39-59(53)62)64(43-25-21-41(5)22-26-43)45-29-33-51-52-34-30-46(38-58(52)61(7,8)57(51)37-45)65(44-27-23-42(6)24-28-44)48-32-36-54-50-18-14-16-20-56(50)63(11-3,12-4)60(54)40-48/h13-40H,9-12H2,1-8H3. The Morgan fingerprint density at radius 3 is 0.923 bits per heavy atom. The minimum Gasteiger partial charge on any atom is -0.310 e. The van der Waals surface area contributed by atoms with Crippen LogP contribution in [0.15, 0.2) is 170 Å². The van der Waals surface area contributed by atoms with Crippen LogP contribution < -0.4 is 9.80 Å². The first-order valence-electron chi connectivity index (χ1n) is 24.1. The van der Waals surface area contributed by atoms with E-state index in [0.29, 0.717) is 0 Å². The molecule has 0 spiro atoms. The van der Waals surface area contributed by atoms with Crippen molar-refractivity contribution in [1.82, 2.24) is 0 Å². The van der Waals surface area contributed by atoms with E-state index in [4.69, 9.17) is 0 Å². The molecule has 0 amide bonds. The van der Waals surface area contributed by atoms with Gasteiger partial charge in [-0.25, -0.2) is 0 Å². The summed E-state index contributed by atoms with van der Waals surface area (Å²) >= 11 is 0. The molecule has 0 bridgehead atoms. The summed E-state index contributed by atoms with van der Waals surface area (Å²) in [5.41, 5.74) is 26.0. The Bertz CT molecular complexity index is 2930. The summed E-state index contributed by atoms with van der Waals surface area (Å²) in [6.45, 7) is 18.6. The van der Waals surface area contributed by atoms with Gasteiger partial charge in [-0.1, -0.05) is 150 Å². The van der Waals surface area contributed by atoms with Crippen molar-refractivity contribution in [2.45, 2.75) is 97.3 Å². The molecular formula is C63H60N2. The molecule has 0 radical (unpaired) electrons. The molecule has 2 heteroatoms. The molecule has 0 heterocycles. The first-order chi connectivity index (χ1) is 31.6. The van der Waals surface area contributed by atoms with Gasteiger partial charge in [0.05, 0.1) is 0 Å². The molecule has 2 nitrogen and oxygen atoms in total. The minimum absolute atomic E-state index is 0.00740. The van der Waals surface area contributed by atoms with Gasteiger partial charge in [0.2, 0.25) is 0 Å². The molecule has 8 aromatic carbocycles. The Morgan fingerprint density at radius 1 is 0.308 bits per heavy atom. The van der Waals surface area contributed by atoms with Crippen LogP contribution in [0.3, 0.4) is 0 Å². The summed E-state index contributed by atoms with van der Waals surface area (Å²) in [6, 6.07) is 65.2. The van der Waals surface area contributed by atoms with Gasteiger partial charge in [0.1, 0.15) is 0 Å². The Balaban J connectivity index is 1.02. The maximum absolute atomic E-state index is 2.50. The van der Waals surface area contributed by atoms with Crippen LogP contribution in [0.25, 0.3) is 33.4 Å². The fourth-order valence-electron chi connectivity index (χ4n) is 12.5. The second-order valence-electron chi connectivity index (χ2n) is 19.6. The molecule has 8 aromatic rings. The first kappa shape index (κ1) is 41.1. The van der Waals surface area contributed by atoms with Crippen molar-refractivity contribution in [3.8, 4) is 33.4 Å². The smallest absolute Gasteiger partial charge is 0.0465 e. The SMILES string of the molecule is CCC1(CC)c2ccccc2-c2ccc(N(c3ccc(C)cc3)c3ccc4c(c3)C(C)(C)c3cc(N(c5ccc(C)cc5)c5ccc6c(c5)C(CC)(CC)c5ccccc5-6)ccc3-4)cc21. The number of nitrogens with zero attached hydrogens (tertiary/aromatic N) is 2. The maximum atomic E-state index is 2.50. The fraction of sp³-hybridized carbons (Fsp3) is 0.238. The zero-order chi connectivity index (χ0) is 44.8. The second-order valence-corrected chi connectivity index (χ2v) is 19.6.